The Bertz CT molecular complexity index is 252. The first kappa shape index (κ1) is 15.7. The Morgan fingerprint density at radius 1 is 0.824 bits per heavy atom. The van der Waals surface area contributed by atoms with Crippen molar-refractivity contribution in [2.75, 3.05) is 26.3 Å². The molecule has 3 rings (SSSR count). The van der Waals surface area contributed by atoms with Crippen LogP contribution in [0, 0.1) is 0 Å². The number of nitrogens with zero attached hydrogens (tertiary/aromatic N) is 3. The summed E-state index contributed by atoms with van der Waals surface area (Å²) in [6.07, 6.45) is 8.19. The topological polar surface area (TPSA) is 56.1 Å². The average Bonchev–Trinajstić information content (AvgIpc) is 3.10. The van der Waals surface area contributed by atoms with Crippen molar-refractivity contribution >= 4 is 12.8 Å². The van der Waals surface area contributed by atoms with Crippen LogP contribution in [0.1, 0.15) is 0 Å². The average molecular weight is 322 g/mol. The largest absolute Gasteiger partial charge is 2.00 e. The Hall–Kier alpha value is -1.29. The van der Waals surface area contributed by atoms with Crippen LogP contribution in [0.4, 0.5) is 0 Å². The van der Waals surface area contributed by atoms with E-state index in [1.807, 2.05) is 18.2 Å². The molecule has 3 heterocycles. The number of aromatic nitrogens is 1. The molecule has 0 N–H and O–H groups in total. The van der Waals surface area contributed by atoms with Gasteiger partial charge < -0.3 is 19.5 Å². The van der Waals surface area contributed by atoms with Gasteiger partial charge in [0.15, 0.2) is 0 Å². The number of hydrogen-bond acceptors (Lipinski definition) is 5. The van der Waals surface area contributed by atoms with E-state index in [1.165, 1.54) is 0 Å². The first-order chi connectivity index (χ1) is 8.00. The van der Waals surface area contributed by atoms with E-state index in [9.17, 15) is 0 Å². The zero-order valence-electron chi connectivity index (χ0n) is 9.21. The summed E-state index contributed by atoms with van der Waals surface area (Å²) >= 11 is 0. The normalized spacial score (nSPS) is 14.1. The van der Waals surface area contributed by atoms with Crippen LogP contribution in [0.2, 0.25) is 0 Å². The maximum atomic E-state index is 4.53. The van der Waals surface area contributed by atoms with E-state index in [-0.39, 0.29) is 19.5 Å². The van der Waals surface area contributed by atoms with Gasteiger partial charge in [-0.15, -0.1) is 0 Å². The molecule has 0 saturated heterocycles. The van der Waals surface area contributed by atoms with Gasteiger partial charge in [-0.05, 0) is 12.1 Å². The van der Waals surface area contributed by atoms with Crippen molar-refractivity contribution in [2.45, 2.75) is 0 Å². The van der Waals surface area contributed by atoms with Gasteiger partial charge in [-0.25, -0.2) is 12.8 Å². The molecule has 17 heavy (non-hydrogen) atoms. The van der Waals surface area contributed by atoms with Gasteiger partial charge in [0.1, 0.15) is 0 Å². The summed E-state index contributed by atoms with van der Waals surface area (Å²) in [7, 11) is 0. The van der Waals surface area contributed by atoms with Crippen LogP contribution in [0.15, 0.2) is 40.6 Å². The molecular weight excluding hydrogens is 309 g/mol. The van der Waals surface area contributed by atoms with Crippen molar-refractivity contribution in [3.05, 3.63) is 30.6 Å². The number of hydrogen-bond donors (Lipinski definition) is 0. The predicted octanol–water partition coefficient (Wildman–Crippen LogP) is 0.923. The van der Waals surface area contributed by atoms with Gasteiger partial charge in [0.05, 0.1) is 13.2 Å². The Labute approximate surface area is 114 Å². The Morgan fingerprint density at radius 3 is 1.47 bits per heavy atom. The van der Waals surface area contributed by atoms with Gasteiger partial charge >= 0.3 is 19.5 Å². The van der Waals surface area contributed by atoms with Gasteiger partial charge in [-0.2, -0.15) is 0 Å². The molecular formula is C11H13N3O2Rh. The molecule has 1 aromatic heterocycles. The van der Waals surface area contributed by atoms with E-state index in [4.69, 9.17) is 0 Å². The summed E-state index contributed by atoms with van der Waals surface area (Å²) < 4.78 is 9.06. The van der Waals surface area contributed by atoms with E-state index in [0.29, 0.717) is 0 Å². The van der Waals surface area contributed by atoms with E-state index >= 15 is 0 Å². The van der Waals surface area contributed by atoms with E-state index in [0.717, 1.165) is 26.3 Å². The molecule has 1 radical (unpaired) electrons. The maximum Gasteiger partial charge on any atom is 2.00 e. The molecule has 0 aromatic carbocycles. The number of pyridine rings is 1. The summed E-state index contributed by atoms with van der Waals surface area (Å²) in [6, 6.07) is 5.72. The van der Waals surface area contributed by atoms with Crippen molar-refractivity contribution in [1.29, 1.82) is 0 Å². The predicted molar refractivity (Wildman–Crippen MR) is 60.7 cm³/mol. The molecule has 0 aliphatic carbocycles. The van der Waals surface area contributed by atoms with Crippen molar-refractivity contribution in [3.8, 4) is 0 Å². The first-order valence-corrected chi connectivity index (χ1v) is 4.91. The van der Waals surface area contributed by atoms with Crippen LogP contribution >= 0.6 is 0 Å². The van der Waals surface area contributed by atoms with Crippen molar-refractivity contribution in [2.24, 2.45) is 9.98 Å². The fourth-order valence-electron chi connectivity index (χ4n) is 0.769. The van der Waals surface area contributed by atoms with Crippen LogP contribution in [-0.2, 0) is 29.0 Å². The van der Waals surface area contributed by atoms with Crippen LogP contribution in [0.25, 0.3) is 0 Å². The summed E-state index contributed by atoms with van der Waals surface area (Å²) in [5, 5.41) is 0. The molecule has 2 aliphatic rings. The zero-order valence-corrected chi connectivity index (χ0v) is 10.8. The molecule has 0 fully saturated rings. The summed E-state index contributed by atoms with van der Waals surface area (Å²) in [4.78, 5) is 11.0. The minimum atomic E-state index is 0. The molecule has 0 bridgehead atoms. The smallest absolute Gasteiger partial charge is 0.674 e. The van der Waals surface area contributed by atoms with Crippen molar-refractivity contribution < 1.29 is 29.0 Å². The molecule has 93 valence electrons. The second kappa shape index (κ2) is 12.8. The third-order valence-electron chi connectivity index (χ3n) is 1.43. The van der Waals surface area contributed by atoms with Crippen molar-refractivity contribution in [1.82, 2.24) is 4.98 Å². The van der Waals surface area contributed by atoms with E-state index in [2.05, 4.69) is 37.2 Å². The first-order valence-electron chi connectivity index (χ1n) is 4.91. The molecule has 1 aromatic rings. The molecule has 6 heteroatoms. The van der Waals surface area contributed by atoms with Crippen LogP contribution in [-0.4, -0.2) is 44.1 Å². The fraction of sp³-hybridized carbons (Fsp3) is 0.364. The van der Waals surface area contributed by atoms with E-state index in [1.54, 1.807) is 12.4 Å². The monoisotopic (exact) mass is 322 g/mol. The summed E-state index contributed by atoms with van der Waals surface area (Å²) in [6.45, 7) is 3.03. The number of rotatable bonds is 0. The summed E-state index contributed by atoms with van der Waals surface area (Å²) in [5.41, 5.74) is 0. The molecule has 2 aliphatic heterocycles. The van der Waals surface area contributed by atoms with E-state index < -0.39 is 0 Å². The minimum Gasteiger partial charge on any atom is -0.674 e. The maximum absolute atomic E-state index is 4.53. The van der Waals surface area contributed by atoms with Gasteiger partial charge in [0.2, 0.25) is 0 Å². The van der Waals surface area contributed by atoms with Gasteiger partial charge in [0.25, 0.3) is 0 Å². The molecule has 0 saturated carbocycles. The van der Waals surface area contributed by atoms with Crippen LogP contribution in [0.3, 0.4) is 0 Å². The third kappa shape index (κ3) is 11.0. The number of ether oxygens (including phenoxy) is 2. The Kier molecular flexibility index (Phi) is 11.8. The quantitative estimate of drug-likeness (QED) is 0.527. The SMILES string of the molecule is [C-]1=NCCO1.[C-]1=NCCO1.[Rh+2].c1ccncc1. The van der Waals surface area contributed by atoms with Crippen LogP contribution in [0.5, 0.6) is 0 Å². The molecule has 5 nitrogen and oxygen atoms in total. The molecule has 0 unspecified atom stereocenters. The van der Waals surface area contributed by atoms with Gasteiger partial charge in [-0.3, -0.25) is 4.98 Å². The zero-order chi connectivity index (χ0) is 11.3. The minimum absolute atomic E-state index is 0. The third-order valence-corrected chi connectivity index (χ3v) is 1.43. The molecule has 0 spiro atoms. The second-order valence-corrected chi connectivity index (χ2v) is 2.67. The second-order valence-electron chi connectivity index (χ2n) is 2.67. The Morgan fingerprint density at radius 2 is 1.35 bits per heavy atom. The molecule has 0 amide bonds. The fourth-order valence-corrected chi connectivity index (χ4v) is 0.769. The van der Waals surface area contributed by atoms with Crippen LogP contribution < -0.4 is 0 Å². The Balaban J connectivity index is 0.000000221. The standard InChI is InChI=1S/C5H5N.2C3H4NO.Rh/c1-2-4-6-5-3-1;2*1-2-5-3-4-1;/h1-5H;2*1-2H2;/q;2*-1;+2. The molecule has 0 atom stereocenters. The van der Waals surface area contributed by atoms with Crippen molar-refractivity contribution in [3.63, 3.8) is 0 Å². The van der Waals surface area contributed by atoms with Gasteiger partial charge in [-0.1, -0.05) is 6.07 Å². The summed E-state index contributed by atoms with van der Waals surface area (Å²) in [5.74, 6) is 0. The number of aliphatic imine (C=N–C) groups is 2. The van der Waals surface area contributed by atoms with Gasteiger partial charge in [0, 0.05) is 25.5 Å².